The van der Waals surface area contributed by atoms with Crippen LogP contribution in [-0.2, 0) is 0 Å². The highest BCUT2D eigenvalue weighted by Gasteiger charge is 2.36. The molecular weight excluding hydrogens is 304 g/mol. The molecule has 0 radical (unpaired) electrons. The molecule has 116 valence electrons. The minimum Gasteiger partial charge on any atom is -0.463 e. The molecule has 0 saturated carbocycles. The lowest BCUT2D eigenvalue weighted by atomic mass is 9.85. The quantitative estimate of drug-likeness (QED) is 0.532. The van der Waals surface area contributed by atoms with E-state index in [9.17, 15) is 14.4 Å². The standard InChI is InChI=1S/C20H12O4/c1-11-5-4-6-12(9-11)17(21)15-10-24-20-14-8-3-2-7-13(14)18(22)19(23)16(15)20/h2-10H,1H3. The molecule has 1 heterocycles. The molecule has 24 heavy (non-hydrogen) atoms. The minimum atomic E-state index is -0.701. The summed E-state index contributed by atoms with van der Waals surface area (Å²) in [6.07, 6.45) is 1.27. The Morgan fingerprint density at radius 3 is 2.42 bits per heavy atom. The van der Waals surface area contributed by atoms with Crippen LogP contribution in [0, 0.1) is 6.92 Å². The number of aryl methyl sites for hydroxylation is 1. The maximum Gasteiger partial charge on any atom is 0.238 e. The number of rotatable bonds is 2. The Bertz CT molecular complexity index is 1020. The van der Waals surface area contributed by atoms with Crippen molar-refractivity contribution >= 4 is 17.3 Å². The van der Waals surface area contributed by atoms with Crippen molar-refractivity contribution in [3.63, 3.8) is 0 Å². The van der Waals surface area contributed by atoms with E-state index in [-0.39, 0.29) is 22.7 Å². The molecule has 0 N–H and O–H groups in total. The van der Waals surface area contributed by atoms with E-state index in [1.807, 2.05) is 13.0 Å². The Labute approximate surface area is 137 Å². The fourth-order valence-electron chi connectivity index (χ4n) is 3.01. The van der Waals surface area contributed by atoms with Gasteiger partial charge in [0, 0.05) is 16.7 Å². The molecule has 1 aliphatic rings. The molecule has 0 bridgehead atoms. The van der Waals surface area contributed by atoms with E-state index in [2.05, 4.69) is 0 Å². The van der Waals surface area contributed by atoms with Crippen LogP contribution in [-0.4, -0.2) is 17.3 Å². The van der Waals surface area contributed by atoms with Gasteiger partial charge in [0.25, 0.3) is 0 Å². The van der Waals surface area contributed by atoms with E-state index in [4.69, 9.17) is 4.42 Å². The third-order valence-electron chi connectivity index (χ3n) is 4.17. The average Bonchev–Trinajstić information content (AvgIpc) is 3.04. The molecule has 4 heteroatoms. The highest BCUT2D eigenvalue weighted by atomic mass is 16.3. The third kappa shape index (κ3) is 1.97. The van der Waals surface area contributed by atoms with Crippen LogP contribution < -0.4 is 0 Å². The van der Waals surface area contributed by atoms with E-state index >= 15 is 0 Å². The molecule has 0 saturated heterocycles. The summed E-state index contributed by atoms with van der Waals surface area (Å²) in [5.74, 6) is -1.36. The lowest BCUT2D eigenvalue weighted by Gasteiger charge is -2.13. The minimum absolute atomic E-state index is 0.0604. The summed E-state index contributed by atoms with van der Waals surface area (Å²) in [6, 6.07) is 13.8. The predicted molar refractivity (Wildman–Crippen MR) is 87.4 cm³/mol. The second-order valence-electron chi connectivity index (χ2n) is 5.76. The zero-order valence-corrected chi connectivity index (χ0v) is 12.8. The van der Waals surface area contributed by atoms with Crippen LogP contribution in [0.5, 0.6) is 0 Å². The number of fused-ring (bicyclic) bond motifs is 3. The first-order chi connectivity index (χ1) is 11.6. The van der Waals surface area contributed by atoms with Gasteiger partial charge in [-0.3, -0.25) is 14.4 Å². The van der Waals surface area contributed by atoms with Gasteiger partial charge in [-0.15, -0.1) is 0 Å². The van der Waals surface area contributed by atoms with Crippen molar-refractivity contribution in [1.82, 2.24) is 0 Å². The Morgan fingerprint density at radius 1 is 0.917 bits per heavy atom. The van der Waals surface area contributed by atoms with Crippen molar-refractivity contribution in [2.24, 2.45) is 0 Å². The number of hydrogen-bond acceptors (Lipinski definition) is 4. The molecule has 0 amide bonds. The molecular formula is C20H12O4. The molecule has 0 unspecified atom stereocenters. The lowest BCUT2D eigenvalue weighted by Crippen LogP contribution is -2.22. The van der Waals surface area contributed by atoms with E-state index in [0.29, 0.717) is 16.7 Å². The molecule has 3 aromatic rings. The van der Waals surface area contributed by atoms with Crippen LogP contribution in [0.4, 0.5) is 0 Å². The maximum absolute atomic E-state index is 12.8. The van der Waals surface area contributed by atoms with E-state index < -0.39 is 11.6 Å². The number of carbonyl (C=O) groups excluding carboxylic acids is 3. The van der Waals surface area contributed by atoms with Crippen LogP contribution in [0.25, 0.3) is 11.3 Å². The molecule has 4 rings (SSSR count). The van der Waals surface area contributed by atoms with Gasteiger partial charge < -0.3 is 4.42 Å². The fraction of sp³-hybridized carbons (Fsp3) is 0.0500. The summed E-state index contributed by atoms with van der Waals surface area (Å²) < 4.78 is 5.51. The van der Waals surface area contributed by atoms with Gasteiger partial charge >= 0.3 is 0 Å². The summed E-state index contributed by atoms with van der Waals surface area (Å²) in [5.41, 5.74) is 2.43. The van der Waals surface area contributed by atoms with E-state index in [0.717, 1.165) is 5.56 Å². The summed E-state index contributed by atoms with van der Waals surface area (Å²) in [4.78, 5) is 37.6. The first-order valence-electron chi connectivity index (χ1n) is 7.49. The number of benzene rings is 2. The Morgan fingerprint density at radius 2 is 1.67 bits per heavy atom. The number of Topliss-reactive ketones (excluding diaryl/α,β-unsaturated/α-hetero) is 2. The van der Waals surface area contributed by atoms with E-state index in [1.165, 1.54) is 6.26 Å². The van der Waals surface area contributed by atoms with Crippen molar-refractivity contribution in [2.45, 2.75) is 6.92 Å². The molecule has 0 fully saturated rings. The average molecular weight is 316 g/mol. The molecule has 0 aliphatic heterocycles. The SMILES string of the molecule is Cc1cccc(C(=O)c2coc3c2C(=O)C(=O)c2ccccc2-3)c1. The monoisotopic (exact) mass is 316 g/mol. The molecule has 4 nitrogen and oxygen atoms in total. The topological polar surface area (TPSA) is 64.3 Å². The molecule has 0 atom stereocenters. The van der Waals surface area contributed by atoms with Gasteiger partial charge in [0.05, 0.1) is 11.1 Å². The van der Waals surface area contributed by atoms with Crippen molar-refractivity contribution in [3.8, 4) is 11.3 Å². The van der Waals surface area contributed by atoms with E-state index in [1.54, 1.807) is 42.5 Å². The van der Waals surface area contributed by atoms with Gasteiger partial charge in [0.15, 0.2) is 5.78 Å². The second-order valence-corrected chi connectivity index (χ2v) is 5.76. The fourth-order valence-corrected chi connectivity index (χ4v) is 3.01. The highest BCUT2D eigenvalue weighted by molar-refractivity contribution is 6.53. The summed E-state index contributed by atoms with van der Waals surface area (Å²) >= 11 is 0. The van der Waals surface area contributed by atoms with Gasteiger partial charge in [-0.05, 0) is 13.0 Å². The van der Waals surface area contributed by atoms with Crippen molar-refractivity contribution in [3.05, 3.63) is 82.6 Å². The Hall–Kier alpha value is -3.27. The summed E-state index contributed by atoms with van der Waals surface area (Å²) in [6.45, 7) is 1.88. The van der Waals surface area contributed by atoms with Crippen LogP contribution in [0.3, 0.4) is 0 Å². The Balaban J connectivity index is 1.91. The summed E-state index contributed by atoms with van der Waals surface area (Å²) in [5, 5.41) is 0. The van der Waals surface area contributed by atoms with Crippen LogP contribution in [0.15, 0.2) is 59.2 Å². The van der Waals surface area contributed by atoms with Crippen LogP contribution in [0.2, 0.25) is 0 Å². The first kappa shape index (κ1) is 14.3. The Kier molecular flexibility index (Phi) is 3.06. The normalized spacial score (nSPS) is 12.7. The van der Waals surface area contributed by atoms with Gasteiger partial charge in [-0.1, -0.05) is 48.0 Å². The molecule has 2 aromatic carbocycles. The zero-order valence-electron chi connectivity index (χ0n) is 12.8. The van der Waals surface area contributed by atoms with Crippen LogP contribution in [0.1, 0.15) is 42.2 Å². The number of carbonyl (C=O) groups is 3. The number of hydrogen-bond donors (Lipinski definition) is 0. The molecule has 1 aromatic heterocycles. The lowest BCUT2D eigenvalue weighted by molar-refractivity contribution is 0.0813. The third-order valence-corrected chi connectivity index (χ3v) is 4.17. The molecule has 0 spiro atoms. The van der Waals surface area contributed by atoms with Gasteiger partial charge in [-0.25, -0.2) is 0 Å². The smallest absolute Gasteiger partial charge is 0.238 e. The highest BCUT2D eigenvalue weighted by Crippen LogP contribution is 2.37. The number of furan rings is 1. The van der Waals surface area contributed by atoms with Crippen molar-refractivity contribution in [1.29, 1.82) is 0 Å². The second kappa shape index (κ2) is 5.13. The largest absolute Gasteiger partial charge is 0.463 e. The van der Waals surface area contributed by atoms with Gasteiger partial charge in [-0.2, -0.15) is 0 Å². The van der Waals surface area contributed by atoms with Crippen molar-refractivity contribution in [2.75, 3.05) is 0 Å². The predicted octanol–water partition coefficient (Wildman–Crippen LogP) is 3.87. The maximum atomic E-state index is 12.8. The van der Waals surface area contributed by atoms with Crippen LogP contribution >= 0.6 is 0 Å². The van der Waals surface area contributed by atoms with Gasteiger partial charge in [0.1, 0.15) is 12.0 Å². The van der Waals surface area contributed by atoms with Crippen molar-refractivity contribution < 1.29 is 18.8 Å². The number of ketones is 3. The zero-order chi connectivity index (χ0) is 16.8. The van der Waals surface area contributed by atoms with Gasteiger partial charge in [0.2, 0.25) is 11.6 Å². The molecule has 1 aliphatic carbocycles. The summed E-state index contributed by atoms with van der Waals surface area (Å²) in [7, 11) is 0. The first-order valence-corrected chi connectivity index (χ1v) is 7.49.